The number of pyridine rings is 1. The van der Waals surface area contributed by atoms with Crippen LogP contribution in [0.15, 0.2) is 155 Å². The maximum absolute atomic E-state index is 6.82. The molecule has 10 rings (SSSR count). The summed E-state index contributed by atoms with van der Waals surface area (Å²) in [7, 11) is 2.20. The molecule has 0 saturated heterocycles. The molecule has 1 aliphatic heterocycles. The lowest BCUT2D eigenvalue weighted by molar-refractivity contribution is -0.370. The van der Waals surface area contributed by atoms with E-state index in [4.69, 9.17) is 14.4 Å². The van der Waals surface area contributed by atoms with Crippen LogP contribution in [0.5, 0.6) is 0 Å². The van der Waals surface area contributed by atoms with Gasteiger partial charge in [0.2, 0.25) is 0 Å². The Hall–Kier alpha value is -6.13. The fraction of sp³-hybridized carbons (Fsp3) is 0.128. The molecule has 1 aliphatic rings. The number of hydrogen-bond donors (Lipinski definition) is 0. The molecule has 0 radical (unpaired) electrons. The van der Waals surface area contributed by atoms with E-state index in [0.29, 0.717) is 0 Å². The van der Waals surface area contributed by atoms with Crippen molar-refractivity contribution in [3.63, 3.8) is 0 Å². The maximum Gasteiger partial charge on any atom is 0.326 e. The van der Waals surface area contributed by atoms with Gasteiger partial charge < -0.3 is 4.42 Å². The number of furan rings is 1. The third-order valence-electron chi connectivity index (χ3n) is 11.2. The van der Waals surface area contributed by atoms with E-state index in [-0.39, 0.29) is 0 Å². The predicted molar refractivity (Wildman–Crippen MR) is 212 cm³/mol. The molecule has 4 heteroatoms. The molecule has 1 unspecified atom stereocenters. The summed E-state index contributed by atoms with van der Waals surface area (Å²) in [4.78, 5) is 10.6. The van der Waals surface area contributed by atoms with Crippen molar-refractivity contribution in [1.82, 2.24) is 4.98 Å². The normalized spacial score (nSPS) is 16.9. The molecule has 0 amide bonds. The van der Waals surface area contributed by atoms with Gasteiger partial charge in [0.1, 0.15) is 16.9 Å². The fourth-order valence-corrected chi connectivity index (χ4v) is 8.58. The lowest BCUT2D eigenvalue weighted by Gasteiger charge is -2.23. The number of aromatic nitrogens is 1. The highest BCUT2D eigenvalue weighted by Crippen LogP contribution is 2.41. The number of rotatable bonds is 4. The van der Waals surface area contributed by atoms with Crippen LogP contribution in [0.1, 0.15) is 42.9 Å². The van der Waals surface area contributed by atoms with Crippen molar-refractivity contribution in [2.75, 3.05) is 7.05 Å². The van der Waals surface area contributed by atoms with Gasteiger partial charge in [0.05, 0.1) is 23.7 Å². The van der Waals surface area contributed by atoms with E-state index < -0.39 is 5.54 Å². The van der Waals surface area contributed by atoms with Crippen LogP contribution in [0.2, 0.25) is 0 Å². The zero-order valence-corrected chi connectivity index (χ0v) is 28.7. The number of benzene rings is 7. The molecule has 0 saturated carbocycles. The molecule has 9 aromatic rings. The van der Waals surface area contributed by atoms with E-state index >= 15 is 0 Å². The maximum atomic E-state index is 6.82. The highest BCUT2D eigenvalue weighted by Gasteiger charge is 2.42. The van der Waals surface area contributed by atoms with E-state index in [0.717, 1.165) is 69.1 Å². The smallest absolute Gasteiger partial charge is 0.326 e. The minimum atomic E-state index is -0.414. The van der Waals surface area contributed by atoms with Crippen LogP contribution in [0.3, 0.4) is 0 Å². The van der Waals surface area contributed by atoms with Gasteiger partial charge in [-0.15, -0.1) is 0 Å². The Morgan fingerprint density at radius 1 is 0.647 bits per heavy atom. The molecule has 0 fully saturated rings. The van der Waals surface area contributed by atoms with Crippen molar-refractivity contribution >= 4 is 76.7 Å². The van der Waals surface area contributed by atoms with E-state index in [1.807, 2.05) is 12.3 Å². The lowest BCUT2D eigenvalue weighted by Crippen LogP contribution is -2.27. The predicted octanol–water partition coefficient (Wildman–Crippen LogP) is 11.6. The molecular formula is C47H36N3O+. The molecule has 0 bridgehead atoms. The Morgan fingerprint density at radius 3 is 2.20 bits per heavy atom. The summed E-state index contributed by atoms with van der Waals surface area (Å²) < 4.78 is 9.18. The molecule has 2 aromatic heterocycles. The Labute approximate surface area is 296 Å². The SMILES string of the molecule is CCC1(c2ccccc2)CCC(c2cccc3c2oc2cc4ccccc4cc23)=[N+](C)C(c2cccc3ccc4ccc5ncccc5c4c23)=N1. The molecular weight excluding hydrogens is 623 g/mol. The largest absolute Gasteiger partial charge is 0.455 e. The van der Waals surface area contributed by atoms with Crippen LogP contribution < -0.4 is 0 Å². The number of aliphatic imine (C=N–C) groups is 1. The number of nitrogens with zero attached hydrogens (tertiary/aromatic N) is 3. The Morgan fingerprint density at radius 2 is 1.35 bits per heavy atom. The third kappa shape index (κ3) is 4.56. The minimum absolute atomic E-state index is 0.414. The number of amidine groups is 1. The van der Waals surface area contributed by atoms with Crippen LogP contribution in [-0.2, 0) is 5.54 Å². The minimum Gasteiger partial charge on any atom is -0.455 e. The van der Waals surface area contributed by atoms with E-state index in [1.165, 1.54) is 43.6 Å². The lowest BCUT2D eigenvalue weighted by atomic mass is 9.82. The van der Waals surface area contributed by atoms with Gasteiger partial charge in [0.15, 0.2) is 5.54 Å². The third-order valence-corrected chi connectivity index (χ3v) is 11.2. The first kappa shape index (κ1) is 29.8. The van der Waals surface area contributed by atoms with Gasteiger partial charge in [-0.2, -0.15) is 0 Å². The molecule has 0 spiro atoms. The highest BCUT2D eigenvalue weighted by molar-refractivity contribution is 6.25. The van der Waals surface area contributed by atoms with Crippen molar-refractivity contribution in [2.45, 2.75) is 31.7 Å². The summed E-state index contributed by atoms with van der Waals surface area (Å²) in [5, 5.41) is 10.6. The quantitative estimate of drug-likeness (QED) is 0.139. The summed E-state index contributed by atoms with van der Waals surface area (Å²) in [6.45, 7) is 2.28. The summed E-state index contributed by atoms with van der Waals surface area (Å²) in [5.41, 5.74) is 7.10. The van der Waals surface area contributed by atoms with E-state index in [2.05, 4.69) is 152 Å². The van der Waals surface area contributed by atoms with Crippen LogP contribution >= 0.6 is 0 Å². The van der Waals surface area contributed by atoms with Gasteiger partial charge in [-0.1, -0.05) is 115 Å². The Bertz CT molecular complexity index is 2910. The molecule has 7 aromatic carbocycles. The van der Waals surface area contributed by atoms with Gasteiger partial charge in [0, 0.05) is 46.1 Å². The second-order valence-corrected chi connectivity index (χ2v) is 13.9. The molecule has 244 valence electrons. The van der Waals surface area contributed by atoms with Crippen molar-refractivity contribution in [3.8, 4) is 0 Å². The van der Waals surface area contributed by atoms with Crippen LogP contribution in [0.4, 0.5) is 0 Å². The summed E-state index contributed by atoms with van der Waals surface area (Å²) in [6, 6.07) is 50.1. The monoisotopic (exact) mass is 658 g/mol. The molecule has 1 atom stereocenters. The number of fused-ring (bicyclic) bond motifs is 9. The molecule has 51 heavy (non-hydrogen) atoms. The summed E-state index contributed by atoms with van der Waals surface area (Å²) in [6.07, 6.45) is 4.46. The fourth-order valence-electron chi connectivity index (χ4n) is 8.58. The van der Waals surface area contributed by atoms with Crippen molar-refractivity contribution < 1.29 is 8.99 Å². The molecule has 0 aliphatic carbocycles. The first-order chi connectivity index (χ1) is 25.1. The Kier molecular flexibility index (Phi) is 6.69. The summed E-state index contributed by atoms with van der Waals surface area (Å²) in [5.74, 6) is 0.964. The van der Waals surface area contributed by atoms with Gasteiger partial charge in [0.25, 0.3) is 0 Å². The van der Waals surface area contributed by atoms with Crippen molar-refractivity contribution in [1.29, 1.82) is 0 Å². The first-order valence-corrected chi connectivity index (χ1v) is 17.9. The average molecular weight is 659 g/mol. The second kappa shape index (κ2) is 11.5. The Balaban J connectivity index is 1.29. The second-order valence-electron chi connectivity index (χ2n) is 13.9. The van der Waals surface area contributed by atoms with Gasteiger partial charge in [-0.25, -0.2) is 4.58 Å². The topological polar surface area (TPSA) is 41.4 Å². The standard InChI is InChI=1S/C47H36N3O/c1-3-47(34-15-5-4-6-16-34)26-25-41(37-18-10-17-35-39-28-32-12-7-8-13-33(32)29-42(39)51-45(35)37)50(2)46(49-47)38-19-9-14-30-21-22-31-23-24-40-36(20-11-27-48-40)43(31)44(30)38/h4-24,27-29H,3,25-26H2,1-2H3/q+1. The highest BCUT2D eigenvalue weighted by atomic mass is 16.3. The van der Waals surface area contributed by atoms with Crippen molar-refractivity contribution in [2.24, 2.45) is 4.99 Å². The summed E-state index contributed by atoms with van der Waals surface area (Å²) >= 11 is 0. The van der Waals surface area contributed by atoms with E-state index in [1.54, 1.807) is 0 Å². The van der Waals surface area contributed by atoms with Crippen LogP contribution in [0.25, 0.3) is 65.2 Å². The van der Waals surface area contributed by atoms with Gasteiger partial charge >= 0.3 is 5.84 Å². The molecule has 4 nitrogen and oxygen atoms in total. The molecule has 0 N–H and O–H groups in total. The van der Waals surface area contributed by atoms with Gasteiger partial charge in [-0.05, 0) is 69.8 Å². The van der Waals surface area contributed by atoms with E-state index in [9.17, 15) is 0 Å². The number of para-hydroxylation sites is 1. The zero-order chi connectivity index (χ0) is 34.1. The van der Waals surface area contributed by atoms with Crippen LogP contribution in [0, 0.1) is 0 Å². The molecule has 3 heterocycles. The zero-order valence-electron chi connectivity index (χ0n) is 28.7. The first-order valence-electron chi connectivity index (χ1n) is 17.9. The van der Waals surface area contributed by atoms with Gasteiger partial charge in [-0.3, -0.25) is 4.98 Å². The van der Waals surface area contributed by atoms with Crippen molar-refractivity contribution in [3.05, 3.63) is 162 Å². The van der Waals surface area contributed by atoms with Crippen LogP contribution in [-0.4, -0.2) is 28.2 Å². The number of hydrogen-bond acceptors (Lipinski definition) is 3. The average Bonchev–Trinajstić information content (AvgIpc) is 3.48.